The van der Waals surface area contributed by atoms with Crippen molar-refractivity contribution in [1.82, 2.24) is 10.2 Å². The van der Waals surface area contributed by atoms with Gasteiger partial charge in [-0.3, -0.25) is 4.90 Å². The van der Waals surface area contributed by atoms with Crippen LogP contribution in [0.3, 0.4) is 0 Å². The van der Waals surface area contributed by atoms with Crippen molar-refractivity contribution < 1.29 is 9.47 Å². The summed E-state index contributed by atoms with van der Waals surface area (Å²) in [6.45, 7) is 6.17. The van der Waals surface area contributed by atoms with Crippen molar-refractivity contribution in [3.63, 3.8) is 0 Å². The van der Waals surface area contributed by atoms with E-state index in [0.29, 0.717) is 12.1 Å². The molecule has 4 nitrogen and oxygen atoms in total. The molecule has 0 bridgehead atoms. The zero-order chi connectivity index (χ0) is 14.3. The molecule has 3 saturated carbocycles. The lowest BCUT2D eigenvalue weighted by atomic mass is 9.84. The molecule has 4 heteroatoms. The first-order valence-corrected chi connectivity index (χ1v) is 9.07. The van der Waals surface area contributed by atoms with E-state index in [-0.39, 0.29) is 5.79 Å². The summed E-state index contributed by atoms with van der Waals surface area (Å²) in [6, 6.07) is 2.06. The summed E-state index contributed by atoms with van der Waals surface area (Å²) in [7, 11) is 0. The maximum absolute atomic E-state index is 6.03. The van der Waals surface area contributed by atoms with Crippen LogP contribution in [0.15, 0.2) is 0 Å². The van der Waals surface area contributed by atoms with Crippen molar-refractivity contribution in [2.45, 2.75) is 75.8 Å². The van der Waals surface area contributed by atoms with Gasteiger partial charge in [0.2, 0.25) is 0 Å². The predicted molar refractivity (Wildman–Crippen MR) is 82.2 cm³/mol. The average Bonchev–Trinajstić information content (AvgIpc) is 3.39. The summed E-state index contributed by atoms with van der Waals surface area (Å²) in [6.07, 6.45) is 9.00. The van der Waals surface area contributed by atoms with Crippen LogP contribution in [0, 0.1) is 5.92 Å². The molecule has 4 rings (SSSR count). The zero-order valence-electron chi connectivity index (χ0n) is 13.4. The monoisotopic (exact) mass is 294 g/mol. The average molecular weight is 294 g/mol. The highest BCUT2D eigenvalue weighted by Crippen LogP contribution is 2.43. The van der Waals surface area contributed by atoms with Crippen LogP contribution in [0.5, 0.6) is 0 Å². The Morgan fingerprint density at radius 2 is 1.86 bits per heavy atom. The summed E-state index contributed by atoms with van der Waals surface area (Å²) in [4.78, 5) is 2.83. The molecule has 21 heavy (non-hydrogen) atoms. The zero-order valence-corrected chi connectivity index (χ0v) is 13.4. The van der Waals surface area contributed by atoms with E-state index in [0.717, 1.165) is 44.6 Å². The van der Waals surface area contributed by atoms with Crippen molar-refractivity contribution in [3.05, 3.63) is 0 Å². The van der Waals surface area contributed by atoms with E-state index in [1.54, 1.807) is 0 Å². The third-order valence-electron chi connectivity index (χ3n) is 5.71. The molecule has 4 fully saturated rings. The summed E-state index contributed by atoms with van der Waals surface area (Å²) >= 11 is 0. The number of hydrogen-bond acceptors (Lipinski definition) is 4. The van der Waals surface area contributed by atoms with Gasteiger partial charge in [0.1, 0.15) is 0 Å². The number of nitrogens with zero attached hydrogens (tertiary/aromatic N) is 1. The normalized spacial score (nSPS) is 35.7. The minimum absolute atomic E-state index is 0.257. The minimum atomic E-state index is -0.257. The molecule has 2 atom stereocenters. The van der Waals surface area contributed by atoms with Crippen LogP contribution in [-0.4, -0.2) is 55.1 Å². The van der Waals surface area contributed by atoms with E-state index in [1.165, 1.54) is 38.6 Å². The van der Waals surface area contributed by atoms with Gasteiger partial charge in [0.25, 0.3) is 0 Å². The van der Waals surface area contributed by atoms with Crippen LogP contribution < -0.4 is 5.32 Å². The standard InChI is InChI=1S/C17H30N2O2/c1-2-18-15-7-8-17(20-9-10-21-17)11-16(15)19(14-5-6-14)12-13-3-4-13/h13-16,18H,2-12H2,1H3. The number of rotatable bonds is 6. The van der Waals surface area contributed by atoms with E-state index >= 15 is 0 Å². The molecule has 1 N–H and O–H groups in total. The van der Waals surface area contributed by atoms with Gasteiger partial charge in [0.15, 0.2) is 5.79 Å². The molecule has 0 aromatic rings. The predicted octanol–water partition coefficient (Wildman–Crippen LogP) is 2.13. The van der Waals surface area contributed by atoms with Gasteiger partial charge >= 0.3 is 0 Å². The Kier molecular flexibility index (Phi) is 3.99. The topological polar surface area (TPSA) is 33.7 Å². The second kappa shape index (κ2) is 5.80. The molecule has 1 heterocycles. The van der Waals surface area contributed by atoms with Crippen LogP contribution in [0.4, 0.5) is 0 Å². The van der Waals surface area contributed by atoms with E-state index in [4.69, 9.17) is 9.47 Å². The first kappa shape index (κ1) is 14.4. The fourth-order valence-corrected chi connectivity index (χ4v) is 4.30. The highest BCUT2D eigenvalue weighted by atomic mass is 16.7. The Hall–Kier alpha value is -0.160. The van der Waals surface area contributed by atoms with Crippen molar-refractivity contribution >= 4 is 0 Å². The first-order chi connectivity index (χ1) is 10.3. The molecule has 0 radical (unpaired) electrons. The fraction of sp³-hybridized carbons (Fsp3) is 1.00. The molecule has 120 valence electrons. The summed E-state index contributed by atoms with van der Waals surface area (Å²) in [5.41, 5.74) is 0. The second-order valence-corrected chi connectivity index (χ2v) is 7.45. The Labute approximate surface area is 128 Å². The lowest BCUT2D eigenvalue weighted by Gasteiger charge is -2.46. The van der Waals surface area contributed by atoms with Crippen molar-refractivity contribution in [2.75, 3.05) is 26.3 Å². The van der Waals surface area contributed by atoms with E-state index in [9.17, 15) is 0 Å². The van der Waals surface area contributed by atoms with Gasteiger partial charge in [-0.2, -0.15) is 0 Å². The number of likely N-dealkylation sites (N-methyl/N-ethyl adjacent to an activating group) is 1. The third kappa shape index (κ3) is 3.14. The van der Waals surface area contributed by atoms with Crippen LogP contribution in [0.1, 0.15) is 51.9 Å². The smallest absolute Gasteiger partial charge is 0.170 e. The Morgan fingerprint density at radius 1 is 1.10 bits per heavy atom. The third-order valence-corrected chi connectivity index (χ3v) is 5.71. The van der Waals surface area contributed by atoms with Gasteiger partial charge in [-0.05, 0) is 44.6 Å². The largest absolute Gasteiger partial charge is 0.347 e. The first-order valence-electron chi connectivity index (χ1n) is 9.07. The summed E-state index contributed by atoms with van der Waals surface area (Å²) < 4.78 is 12.1. The Bertz CT molecular complexity index is 362. The highest BCUT2D eigenvalue weighted by Gasteiger charge is 2.49. The van der Waals surface area contributed by atoms with Crippen molar-refractivity contribution in [2.24, 2.45) is 5.92 Å². The molecule has 1 saturated heterocycles. The molecule has 1 aliphatic heterocycles. The van der Waals surface area contributed by atoms with Crippen LogP contribution in [-0.2, 0) is 9.47 Å². The maximum atomic E-state index is 6.03. The van der Waals surface area contributed by atoms with Gasteiger partial charge in [0, 0.05) is 37.5 Å². The molecule has 3 aliphatic carbocycles. The van der Waals surface area contributed by atoms with Crippen molar-refractivity contribution in [3.8, 4) is 0 Å². The molecular formula is C17H30N2O2. The Balaban J connectivity index is 1.50. The summed E-state index contributed by atoms with van der Waals surface area (Å²) in [5.74, 6) is 0.712. The number of nitrogens with one attached hydrogen (secondary N) is 1. The molecule has 1 spiro atoms. The van der Waals surface area contributed by atoms with E-state index in [2.05, 4.69) is 17.1 Å². The fourth-order valence-electron chi connectivity index (χ4n) is 4.30. The lowest BCUT2D eigenvalue weighted by Crippen LogP contribution is -2.58. The molecule has 2 unspecified atom stereocenters. The van der Waals surface area contributed by atoms with Crippen LogP contribution in [0.2, 0.25) is 0 Å². The molecule has 0 aromatic heterocycles. The van der Waals surface area contributed by atoms with Gasteiger partial charge in [0.05, 0.1) is 13.2 Å². The summed E-state index contributed by atoms with van der Waals surface area (Å²) in [5, 5.41) is 3.74. The molecule has 4 aliphatic rings. The van der Waals surface area contributed by atoms with Gasteiger partial charge in [-0.1, -0.05) is 6.92 Å². The van der Waals surface area contributed by atoms with E-state index < -0.39 is 0 Å². The van der Waals surface area contributed by atoms with Gasteiger partial charge in [-0.15, -0.1) is 0 Å². The molecule has 0 aromatic carbocycles. The molecular weight excluding hydrogens is 264 g/mol. The van der Waals surface area contributed by atoms with Crippen LogP contribution >= 0.6 is 0 Å². The lowest BCUT2D eigenvalue weighted by molar-refractivity contribution is -0.194. The molecule has 0 amide bonds. The van der Waals surface area contributed by atoms with E-state index in [1.807, 2.05) is 0 Å². The SMILES string of the molecule is CCNC1CCC2(CC1N(CC1CC1)C1CC1)OCCO2. The number of ether oxygens (including phenoxy) is 2. The van der Waals surface area contributed by atoms with Gasteiger partial charge < -0.3 is 14.8 Å². The maximum Gasteiger partial charge on any atom is 0.170 e. The minimum Gasteiger partial charge on any atom is -0.347 e. The van der Waals surface area contributed by atoms with Crippen molar-refractivity contribution in [1.29, 1.82) is 0 Å². The highest BCUT2D eigenvalue weighted by molar-refractivity contribution is 5.01. The van der Waals surface area contributed by atoms with Gasteiger partial charge in [-0.25, -0.2) is 0 Å². The van der Waals surface area contributed by atoms with Crippen LogP contribution in [0.25, 0.3) is 0 Å². The number of hydrogen-bond donors (Lipinski definition) is 1. The second-order valence-electron chi connectivity index (χ2n) is 7.45. The Morgan fingerprint density at radius 3 is 2.48 bits per heavy atom. The quantitative estimate of drug-likeness (QED) is 0.814.